The van der Waals surface area contributed by atoms with E-state index < -0.39 is 5.82 Å². The highest BCUT2D eigenvalue weighted by Crippen LogP contribution is 2.40. The van der Waals surface area contributed by atoms with Crippen molar-refractivity contribution in [3.05, 3.63) is 83.2 Å². The van der Waals surface area contributed by atoms with Gasteiger partial charge < -0.3 is 29.9 Å². The zero-order chi connectivity index (χ0) is 27.8. The third-order valence-corrected chi connectivity index (χ3v) is 7.76. The van der Waals surface area contributed by atoms with Crippen LogP contribution in [0.15, 0.2) is 60.7 Å². The van der Waals surface area contributed by atoms with E-state index in [1.54, 1.807) is 18.2 Å². The monoisotopic (exact) mass is 542 g/mol. The first kappa shape index (κ1) is 25.9. The van der Waals surface area contributed by atoms with Crippen molar-refractivity contribution in [3.8, 4) is 11.5 Å². The Morgan fingerprint density at radius 2 is 1.68 bits per heavy atom. The molecule has 0 spiro atoms. The summed E-state index contributed by atoms with van der Waals surface area (Å²) in [5, 5.41) is 6.16. The lowest BCUT2D eigenvalue weighted by molar-refractivity contribution is -0.110. The highest BCUT2D eigenvalue weighted by atomic mass is 19.1. The van der Waals surface area contributed by atoms with Gasteiger partial charge in [0, 0.05) is 35.5 Å². The van der Waals surface area contributed by atoms with E-state index in [1.165, 1.54) is 12.1 Å². The molecule has 0 bridgehead atoms. The lowest BCUT2D eigenvalue weighted by atomic mass is 9.99. The van der Waals surface area contributed by atoms with Crippen molar-refractivity contribution in [1.29, 1.82) is 0 Å². The van der Waals surface area contributed by atoms with E-state index in [-0.39, 0.29) is 17.9 Å². The lowest BCUT2D eigenvalue weighted by Crippen LogP contribution is -2.44. The van der Waals surface area contributed by atoms with Gasteiger partial charge in [0.05, 0.1) is 17.0 Å². The topological polar surface area (TPSA) is 83.1 Å². The molecule has 1 saturated heterocycles. The third-order valence-electron chi connectivity index (χ3n) is 7.76. The van der Waals surface area contributed by atoms with E-state index in [9.17, 15) is 14.0 Å². The molecule has 0 aliphatic carbocycles. The molecule has 0 unspecified atom stereocenters. The number of hydrogen-bond donors (Lipinski definition) is 2. The minimum Gasteiger partial charge on any atom is -0.486 e. The average molecular weight is 543 g/mol. The molecule has 1 fully saturated rings. The summed E-state index contributed by atoms with van der Waals surface area (Å²) in [5.74, 6) is 0.426. The number of anilines is 2. The van der Waals surface area contributed by atoms with Gasteiger partial charge >= 0.3 is 0 Å². The first-order valence-corrected chi connectivity index (χ1v) is 13.5. The Balaban J connectivity index is 1.32. The number of carbonyl (C=O) groups excluding carboxylic acids is 2. The molecule has 8 nitrogen and oxygen atoms in total. The van der Waals surface area contributed by atoms with Gasteiger partial charge in [0.25, 0.3) is 11.8 Å². The summed E-state index contributed by atoms with van der Waals surface area (Å²) in [7, 11) is 3.97. The number of nitrogens with zero attached hydrogens (tertiary/aromatic N) is 2. The Morgan fingerprint density at radius 1 is 0.975 bits per heavy atom. The Morgan fingerprint density at radius 3 is 2.42 bits per heavy atom. The second-order valence-electron chi connectivity index (χ2n) is 10.4. The van der Waals surface area contributed by atoms with Gasteiger partial charge in [-0.05, 0) is 93.6 Å². The summed E-state index contributed by atoms with van der Waals surface area (Å²) in [6.07, 6.45) is 1.91. The molecule has 2 amide bonds. The molecule has 3 aromatic carbocycles. The molecule has 3 heterocycles. The Kier molecular flexibility index (Phi) is 6.89. The largest absolute Gasteiger partial charge is 0.486 e. The molecule has 206 valence electrons. The number of likely N-dealkylation sites (tertiary alicyclic amines) is 1. The number of rotatable bonds is 5. The molecule has 0 aromatic heterocycles. The van der Waals surface area contributed by atoms with Gasteiger partial charge in [-0.15, -0.1) is 0 Å². The zero-order valence-corrected chi connectivity index (χ0v) is 22.5. The number of benzene rings is 3. The molecule has 3 aromatic rings. The number of halogens is 1. The predicted molar refractivity (Wildman–Crippen MR) is 152 cm³/mol. The van der Waals surface area contributed by atoms with E-state index >= 15 is 0 Å². The van der Waals surface area contributed by atoms with Crippen LogP contribution >= 0.6 is 0 Å². The first-order chi connectivity index (χ1) is 19.4. The fourth-order valence-corrected chi connectivity index (χ4v) is 5.46. The van der Waals surface area contributed by atoms with E-state index in [0.29, 0.717) is 64.0 Å². The van der Waals surface area contributed by atoms with Crippen molar-refractivity contribution in [1.82, 2.24) is 9.80 Å². The van der Waals surface area contributed by atoms with Crippen LogP contribution in [0.4, 0.5) is 15.8 Å². The smallest absolute Gasteiger partial charge is 0.258 e. The highest BCUT2D eigenvalue weighted by Gasteiger charge is 2.30. The number of hydrogen-bond acceptors (Lipinski definition) is 6. The number of nitrogens with one attached hydrogen (secondary N) is 2. The van der Waals surface area contributed by atoms with Crippen LogP contribution in [0, 0.1) is 5.82 Å². The molecular weight excluding hydrogens is 511 g/mol. The molecule has 0 atom stereocenters. The van der Waals surface area contributed by atoms with Crippen molar-refractivity contribution in [3.63, 3.8) is 0 Å². The van der Waals surface area contributed by atoms with Gasteiger partial charge in [-0.2, -0.15) is 0 Å². The second-order valence-corrected chi connectivity index (χ2v) is 10.4. The van der Waals surface area contributed by atoms with Crippen molar-refractivity contribution in [2.45, 2.75) is 18.9 Å². The second kappa shape index (κ2) is 10.7. The summed E-state index contributed by atoms with van der Waals surface area (Å²) in [4.78, 5) is 30.5. The van der Waals surface area contributed by atoms with Crippen molar-refractivity contribution in [2.24, 2.45) is 0 Å². The Hall–Kier alpha value is -4.37. The van der Waals surface area contributed by atoms with Gasteiger partial charge in [0.1, 0.15) is 19.0 Å². The predicted octanol–water partition coefficient (Wildman–Crippen LogP) is 4.70. The first-order valence-electron chi connectivity index (χ1n) is 13.5. The summed E-state index contributed by atoms with van der Waals surface area (Å²) in [6, 6.07) is 17.2. The molecule has 3 aliphatic heterocycles. The molecule has 9 heteroatoms. The third kappa shape index (κ3) is 5.00. The van der Waals surface area contributed by atoms with Crippen LogP contribution in [0.3, 0.4) is 0 Å². The number of carbonyl (C=O) groups is 2. The van der Waals surface area contributed by atoms with Crippen LogP contribution in [0.2, 0.25) is 0 Å². The van der Waals surface area contributed by atoms with Crippen LogP contribution in [0.25, 0.3) is 11.3 Å². The number of piperidine rings is 1. The van der Waals surface area contributed by atoms with Gasteiger partial charge in [0.15, 0.2) is 11.5 Å². The van der Waals surface area contributed by atoms with E-state index in [1.807, 2.05) is 42.3 Å². The average Bonchev–Trinajstić information content (AvgIpc) is 3.30. The minimum atomic E-state index is -0.431. The van der Waals surface area contributed by atoms with Crippen LogP contribution in [0.1, 0.15) is 34.3 Å². The number of amides is 2. The number of ether oxygens (including phenoxy) is 2. The lowest BCUT2D eigenvalue weighted by Gasteiger charge is -2.35. The van der Waals surface area contributed by atoms with Gasteiger partial charge in [-0.3, -0.25) is 9.59 Å². The fourth-order valence-electron chi connectivity index (χ4n) is 5.46. The van der Waals surface area contributed by atoms with Crippen molar-refractivity contribution in [2.75, 3.05) is 51.0 Å². The van der Waals surface area contributed by atoms with Crippen LogP contribution in [0.5, 0.6) is 11.5 Å². The molecule has 40 heavy (non-hydrogen) atoms. The molecule has 3 aliphatic rings. The maximum atomic E-state index is 13.9. The van der Waals surface area contributed by atoms with E-state index in [2.05, 4.69) is 22.6 Å². The van der Waals surface area contributed by atoms with Crippen LogP contribution in [-0.2, 0) is 4.79 Å². The Labute approximate surface area is 232 Å². The molecule has 6 rings (SSSR count). The molecule has 0 saturated carbocycles. The van der Waals surface area contributed by atoms with Crippen molar-refractivity contribution >= 4 is 34.5 Å². The summed E-state index contributed by atoms with van der Waals surface area (Å²) in [5.41, 5.74) is 3.91. The Bertz CT molecular complexity index is 1500. The summed E-state index contributed by atoms with van der Waals surface area (Å²) < 4.78 is 25.4. The highest BCUT2D eigenvalue weighted by molar-refractivity contribution is 6.37. The molecular formula is C31H31FN4O4. The van der Waals surface area contributed by atoms with E-state index in [0.717, 1.165) is 25.9 Å². The van der Waals surface area contributed by atoms with Crippen LogP contribution < -0.4 is 20.1 Å². The molecule has 2 N–H and O–H groups in total. The maximum absolute atomic E-state index is 13.9. The fraction of sp³-hybridized carbons (Fsp3) is 0.290. The number of fused-ring (bicyclic) bond motifs is 2. The van der Waals surface area contributed by atoms with E-state index in [4.69, 9.17) is 9.47 Å². The van der Waals surface area contributed by atoms with Gasteiger partial charge in [-0.1, -0.05) is 0 Å². The summed E-state index contributed by atoms with van der Waals surface area (Å²) in [6.45, 7) is 2.86. The normalized spacial score (nSPS) is 18.1. The van der Waals surface area contributed by atoms with Crippen molar-refractivity contribution < 1.29 is 23.5 Å². The SMILES string of the molecule is CN1CCC(N(C)C(=O)c2ccc(NC(=C3C(=O)Nc4cc(F)ccc43)c3ccc4c(c3)OCCO4)cc2)CC1. The zero-order valence-electron chi connectivity index (χ0n) is 22.5. The van der Waals surface area contributed by atoms with Gasteiger partial charge in [-0.25, -0.2) is 4.39 Å². The van der Waals surface area contributed by atoms with Gasteiger partial charge in [0.2, 0.25) is 0 Å². The van der Waals surface area contributed by atoms with Crippen LogP contribution in [-0.4, -0.2) is 68.1 Å². The standard InChI is InChI=1S/C31H31FN4O4/c1-35-13-11-23(12-14-35)36(2)31(38)19-3-7-22(8-4-19)33-29(20-5-10-26-27(17-20)40-16-15-39-26)28-24-9-6-21(32)18-25(24)34-30(28)37/h3-10,17-18,23,33H,11-16H2,1-2H3,(H,34,37). The minimum absolute atomic E-state index is 0.0161. The maximum Gasteiger partial charge on any atom is 0.258 e. The molecule has 0 radical (unpaired) electrons. The quantitative estimate of drug-likeness (QED) is 0.455. The summed E-state index contributed by atoms with van der Waals surface area (Å²) >= 11 is 0.